The average molecular weight is 98.1 g/mol. The highest BCUT2D eigenvalue weighted by molar-refractivity contribution is 4.83. The lowest BCUT2D eigenvalue weighted by molar-refractivity contribution is 0.738. The molecule has 0 aromatic rings. The van der Waals surface area contributed by atoms with E-state index < -0.39 is 0 Å². The van der Waals surface area contributed by atoms with Crippen LogP contribution in [0, 0.1) is 0 Å². The van der Waals surface area contributed by atoms with Crippen LogP contribution >= 0.6 is 0 Å². The highest BCUT2D eigenvalue weighted by Gasteiger charge is 1.82. The quantitative estimate of drug-likeness (QED) is 0.390. The Kier molecular flexibility index (Phi) is 3.06. The average Bonchev–Trinajstić information content (AvgIpc) is 1.68. The van der Waals surface area contributed by atoms with Gasteiger partial charge in [-0.2, -0.15) is 0 Å². The number of rotatable bonds is 3. The SMILES string of the molecule is C=CN[C@@H](N)C=C. The Balaban J connectivity index is 3.15. The molecule has 40 valence electrons. The summed E-state index contributed by atoms with van der Waals surface area (Å²) >= 11 is 0. The van der Waals surface area contributed by atoms with Crippen LogP contribution in [0.5, 0.6) is 0 Å². The fourth-order valence-electron chi connectivity index (χ4n) is 0.204. The van der Waals surface area contributed by atoms with Crippen LogP contribution in [0.1, 0.15) is 0 Å². The van der Waals surface area contributed by atoms with E-state index >= 15 is 0 Å². The van der Waals surface area contributed by atoms with Gasteiger partial charge in [0.1, 0.15) is 0 Å². The van der Waals surface area contributed by atoms with Crippen molar-refractivity contribution >= 4 is 0 Å². The molecule has 0 saturated heterocycles. The van der Waals surface area contributed by atoms with Gasteiger partial charge in [0, 0.05) is 0 Å². The van der Waals surface area contributed by atoms with E-state index in [0.29, 0.717) is 0 Å². The molecule has 0 fully saturated rings. The molecule has 0 rings (SSSR count). The van der Waals surface area contributed by atoms with Crippen molar-refractivity contribution in [3.63, 3.8) is 0 Å². The molecule has 0 amide bonds. The van der Waals surface area contributed by atoms with Crippen LogP contribution in [0.4, 0.5) is 0 Å². The summed E-state index contributed by atoms with van der Waals surface area (Å²) in [5.41, 5.74) is 5.28. The van der Waals surface area contributed by atoms with E-state index in [1.807, 2.05) is 0 Å². The molecule has 0 aliphatic heterocycles. The van der Waals surface area contributed by atoms with Gasteiger partial charge >= 0.3 is 0 Å². The van der Waals surface area contributed by atoms with E-state index in [1.54, 1.807) is 6.08 Å². The molecule has 0 aromatic heterocycles. The van der Waals surface area contributed by atoms with Gasteiger partial charge in [-0.05, 0) is 6.20 Å². The zero-order chi connectivity index (χ0) is 5.70. The van der Waals surface area contributed by atoms with Gasteiger partial charge in [-0.1, -0.05) is 19.2 Å². The zero-order valence-electron chi connectivity index (χ0n) is 4.22. The van der Waals surface area contributed by atoms with Gasteiger partial charge in [-0.25, -0.2) is 0 Å². The lowest BCUT2D eigenvalue weighted by Gasteiger charge is -2.01. The monoisotopic (exact) mass is 98.1 g/mol. The van der Waals surface area contributed by atoms with Gasteiger partial charge in [0.15, 0.2) is 0 Å². The lowest BCUT2D eigenvalue weighted by atomic mass is 10.5. The largest absolute Gasteiger partial charge is 0.373 e. The van der Waals surface area contributed by atoms with Crippen molar-refractivity contribution in [2.24, 2.45) is 5.73 Å². The molecule has 0 bridgehead atoms. The zero-order valence-corrected chi connectivity index (χ0v) is 4.22. The summed E-state index contributed by atoms with van der Waals surface area (Å²) in [6.07, 6.45) is 2.98. The van der Waals surface area contributed by atoms with Crippen LogP contribution in [0.15, 0.2) is 25.4 Å². The van der Waals surface area contributed by atoms with E-state index in [1.165, 1.54) is 6.20 Å². The van der Waals surface area contributed by atoms with E-state index in [0.717, 1.165) is 0 Å². The Hall–Kier alpha value is -0.760. The molecule has 3 N–H and O–H groups in total. The summed E-state index contributed by atoms with van der Waals surface area (Å²) in [6, 6.07) is 0. The molecule has 0 radical (unpaired) electrons. The standard InChI is InChI=1S/C5H10N2/c1-3-5(6)7-4-2/h3-5,7H,1-2,6H2/t5-/m1/s1. The van der Waals surface area contributed by atoms with E-state index in [9.17, 15) is 0 Å². The summed E-state index contributed by atoms with van der Waals surface area (Å²) in [5.74, 6) is 0. The molecule has 0 spiro atoms. The van der Waals surface area contributed by atoms with Crippen molar-refractivity contribution in [1.29, 1.82) is 0 Å². The Bertz CT molecular complexity index is 68.5. The third-order valence-electron chi connectivity index (χ3n) is 0.564. The number of hydrogen-bond acceptors (Lipinski definition) is 2. The molecule has 0 saturated carbocycles. The van der Waals surface area contributed by atoms with Gasteiger partial charge in [0.2, 0.25) is 0 Å². The lowest BCUT2D eigenvalue weighted by Crippen LogP contribution is -2.30. The van der Waals surface area contributed by atoms with E-state index in [-0.39, 0.29) is 6.17 Å². The predicted molar refractivity (Wildman–Crippen MR) is 31.5 cm³/mol. The van der Waals surface area contributed by atoms with Gasteiger partial charge in [-0.15, -0.1) is 0 Å². The van der Waals surface area contributed by atoms with Crippen LogP contribution in [-0.4, -0.2) is 6.17 Å². The second kappa shape index (κ2) is 3.43. The van der Waals surface area contributed by atoms with Crippen molar-refractivity contribution in [2.75, 3.05) is 0 Å². The summed E-state index contributed by atoms with van der Waals surface area (Å²) in [4.78, 5) is 0. The topological polar surface area (TPSA) is 38.0 Å². The van der Waals surface area contributed by atoms with Crippen LogP contribution in [0.3, 0.4) is 0 Å². The predicted octanol–water partition coefficient (Wildman–Crippen LogP) is 0.190. The van der Waals surface area contributed by atoms with Crippen molar-refractivity contribution < 1.29 is 0 Å². The summed E-state index contributed by atoms with van der Waals surface area (Å²) in [7, 11) is 0. The second-order valence-electron chi connectivity index (χ2n) is 1.13. The molecule has 0 heterocycles. The summed E-state index contributed by atoms with van der Waals surface area (Å²) in [6.45, 7) is 6.85. The molecule has 1 atom stereocenters. The first-order chi connectivity index (χ1) is 3.31. The van der Waals surface area contributed by atoms with Crippen molar-refractivity contribution in [3.8, 4) is 0 Å². The number of nitrogens with two attached hydrogens (primary N) is 1. The van der Waals surface area contributed by atoms with Crippen molar-refractivity contribution in [1.82, 2.24) is 5.32 Å². The van der Waals surface area contributed by atoms with Gasteiger partial charge in [-0.3, -0.25) is 0 Å². The van der Waals surface area contributed by atoms with Crippen LogP contribution in [0.25, 0.3) is 0 Å². The van der Waals surface area contributed by atoms with Crippen LogP contribution in [-0.2, 0) is 0 Å². The minimum absolute atomic E-state index is 0.155. The molecule has 0 unspecified atom stereocenters. The molecule has 0 aliphatic rings. The third-order valence-corrected chi connectivity index (χ3v) is 0.564. The Morgan fingerprint density at radius 3 is 2.29 bits per heavy atom. The first-order valence-electron chi connectivity index (χ1n) is 2.06. The minimum atomic E-state index is -0.155. The van der Waals surface area contributed by atoms with Crippen molar-refractivity contribution in [3.05, 3.63) is 25.4 Å². The Morgan fingerprint density at radius 2 is 2.14 bits per heavy atom. The van der Waals surface area contributed by atoms with E-state index in [4.69, 9.17) is 5.73 Å². The third kappa shape index (κ3) is 3.06. The number of hydrogen-bond donors (Lipinski definition) is 2. The van der Waals surface area contributed by atoms with Crippen LogP contribution in [0.2, 0.25) is 0 Å². The molecule has 0 aliphatic carbocycles. The molecular formula is C5H10N2. The van der Waals surface area contributed by atoms with Gasteiger partial charge < -0.3 is 11.1 Å². The molecule has 2 heteroatoms. The fraction of sp³-hybridized carbons (Fsp3) is 0.200. The Labute approximate surface area is 43.7 Å². The normalized spacial score (nSPS) is 12.1. The minimum Gasteiger partial charge on any atom is -0.373 e. The first-order valence-corrected chi connectivity index (χ1v) is 2.06. The second-order valence-corrected chi connectivity index (χ2v) is 1.13. The molecule has 2 nitrogen and oxygen atoms in total. The maximum Gasteiger partial charge on any atom is 0.0928 e. The maximum atomic E-state index is 5.28. The fourth-order valence-corrected chi connectivity index (χ4v) is 0.204. The highest BCUT2D eigenvalue weighted by atomic mass is 15.0. The molecular weight excluding hydrogens is 88.1 g/mol. The summed E-state index contributed by atoms with van der Waals surface area (Å²) in [5, 5.41) is 2.72. The Morgan fingerprint density at radius 1 is 1.57 bits per heavy atom. The number of nitrogens with one attached hydrogen (secondary N) is 1. The van der Waals surface area contributed by atoms with Crippen LogP contribution < -0.4 is 11.1 Å². The van der Waals surface area contributed by atoms with Gasteiger partial charge in [0.25, 0.3) is 0 Å². The molecule has 7 heavy (non-hydrogen) atoms. The van der Waals surface area contributed by atoms with Crippen molar-refractivity contribution in [2.45, 2.75) is 6.17 Å². The smallest absolute Gasteiger partial charge is 0.0928 e. The van der Waals surface area contributed by atoms with Gasteiger partial charge in [0.05, 0.1) is 6.17 Å². The maximum absolute atomic E-state index is 5.28. The highest BCUT2D eigenvalue weighted by Crippen LogP contribution is 1.67. The summed E-state index contributed by atoms with van der Waals surface area (Å²) < 4.78 is 0. The first kappa shape index (κ1) is 6.24. The molecule has 0 aromatic carbocycles. The van der Waals surface area contributed by atoms with E-state index in [2.05, 4.69) is 18.5 Å².